The molecule has 2 heterocycles. The third kappa shape index (κ3) is 1.74. The zero-order valence-electron chi connectivity index (χ0n) is 8.23. The molecule has 4 heteroatoms. The van der Waals surface area contributed by atoms with Crippen molar-refractivity contribution in [2.24, 2.45) is 7.05 Å². The van der Waals surface area contributed by atoms with Crippen LogP contribution in [-0.4, -0.2) is 14.8 Å². The molecule has 0 spiro atoms. The van der Waals surface area contributed by atoms with Crippen LogP contribution in [0.15, 0.2) is 30.9 Å². The first kappa shape index (κ1) is 8.74. The third-order valence-corrected chi connectivity index (χ3v) is 2.00. The molecule has 0 saturated carbocycles. The molecule has 0 atom stereocenters. The van der Waals surface area contributed by atoms with Crippen LogP contribution in [0.25, 0.3) is 0 Å². The Morgan fingerprint density at radius 1 is 1.36 bits per heavy atom. The normalized spacial score (nSPS) is 10.1. The minimum atomic E-state index is 0.988. The van der Waals surface area contributed by atoms with Gasteiger partial charge in [0.15, 0.2) is 0 Å². The lowest BCUT2D eigenvalue weighted by molar-refractivity contribution is 0.768. The van der Waals surface area contributed by atoms with Crippen LogP contribution < -0.4 is 5.32 Å². The van der Waals surface area contributed by atoms with E-state index in [1.54, 1.807) is 17.1 Å². The number of anilines is 2. The molecule has 1 N–H and O–H groups in total. The maximum Gasteiger partial charge on any atom is 0.0770 e. The van der Waals surface area contributed by atoms with Gasteiger partial charge in [0.05, 0.1) is 11.9 Å². The van der Waals surface area contributed by atoms with E-state index in [-0.39, 0.29) is 0 Å². The number of nitrogens with one attached hydrogen (secondary N) is 1. The number of pyridine rings is 1. The molecule has 0 saturated heterocycles. The van der Waals surface area contributed by atoms with Crippen molar-refractivity contribution in [3.63, 3.8) is 0 Å². The van der Waals surface area contributed by atoms with Crippen LogP contribution in [0.5, 0.6) is 0 Å². The quantitative estimate of drug-likeness (QED) is 0.782. The number of nitrogens with zero attached hydrogens (tertiary/aromatic N) is 3. The van der Waals surface area contributed by atoms with Crippen LogP contribution in [0.4, 0.5) is 11.4 Å². The Labute approximate surface area is 82.6 Å². The van der Waals surface area contributed by atoms with Crippen molar-refractivity contribution in [3.05, 3.63) is 36.4 Å². The van der Waals surface area contributed by atoms with Crippen molar-refractivity contribution in [3.8, 4) is 0 Å². The van der Waals surface area contributed by atoms with Gasteiger partial charge in [-0.1, -0.05) is 0 Å². The van der Waals surface area contributed by atoms with Crippen LogP contribution in [-0.2, 0) is 7.05 Å². The number of aromatic nitrogens is 3. The average Bonchev–Trinajstić information content (AvgIpc) is 2.56. The lowest BCUT2D eigenvalue weighted by Crippen LogP contribution is -1.92. The first-order valence-electron chi connectivity index (χ1n) is 4.42. The maximum absolute atomic E-state index is 4.08. The van der Waals surface area contributed by atoms with Gasteiger partial charge in [-0.25, -0.2) is 0 Å². The second-order valence-corrected chi connectivity index (χ2v) is 3.22. The Hall–Kier alpha value is -1.84. The molecule has 0 aromatic carbocycles. The number of rotatable bonds is 2. The van der Waals surface area contributed by atoms with Crippen molar-refractivity contribution < 1.29 is 0 Å². The van der Waals surface area contributed by atoms with Gasteiger partial charge >= 0.3 is 0 Å². The van der Waals surface area contributed by atoms with Gasteiger partial charge in [0, 0.05) is 31.3 Å². The van der Waals surface area contributed by atoms with E-state index >= 15 is 0 Å². The van der Waals surface area contributed by atoms with Crippen LogP contribution >= 0.6 is 0 Å². The molecule has 0 unspecified atom stereocenters. The lowest BCUT2D eigenvalue weighted by Gasteiger charge is -2.05. The summed E-state index contributed by atoms with van der Waals surface area (Å²) in [5, 5.41) is 7.35. The molecule has 2 aromatic rings. The van der Waals surface area contributed by atoms with E-state index in [9.17, 15) is 0 Å². The maximum atomic E-state index is 4.08. The summed E-state index contributed by atoms with van der Waals surface area (Å²) in [6, 6.07) is 1.95. The fourth-order valence-electron chi connectivity index (χ4n) is 1.25. The molecule has 2 aromatic heterocycles. The van der Waals surface area contributed by atoms with E-state index in [4.69, 9.17) is 0 Å². The van der Waals surface area contributed by atoms with Gasteiger partial charge in [0.1, 0.15) is 0 Å². The van der Waals surface area contributed by atoms with Gasteiger partial charge in [-0.05, 0) is 18.6 Å². The third-order valence-electron chi connectivity index (χ3n) is 2.00. The largest absolute Gasteiger partial charge is 0.353 e. The Kier molecular flexibility index (Phi) is 2.18. The summed E-state index contributed by atoms with van der Waals surface area (Å²) in [7, 11) is 1.89. The summed E-state index contributed by atoms with van der Waals surface area (Å²) in [5.41, 5.74) is 3.17. The molecule has 14 heavy (non-hydrogen) atoms. The van der Waals surface area contributed by atoms with Crippen LogP contribution in [0, 0.1) is 6.92 Å². The van der Waals surface area contributed by atoms with Crippen molar-refractivity contribution >= 4 is 11.4 Å². The zero-order valence-corrected chi connectivity index (χ0v) is 8.23. The van der Waals surface area contributed by atoms with E-state index in [1.807, 2.05) is 32.4 Å². The van der Waals surface area contributed by atoms with E-state index in [0.29, 0.717) is 0 Å². The van der Waals surface area contributed by atoms with Crippen LogP contribution in [0.2, 0.25) is 0 Å². The van der Waals surface area contributed by atoms with Gasteiger partial charge in [-0.2, -0.15) is 5.10 Å². The standard InChI is InChI=1S/C10H12N4/c1-8-5-11-4-3-10(8)13-9-6-12-14(2)7-9/h3-7H,1-2H3,(H,11,13). The molecular weight excluding hydrogens is 176 g/mol. The second-order valence-electron chi connectivity index (χ2n) is 3.22. The van der Waals surface area contributed by atoms with Gasteiger partial charge in [0.2, 0.25) is 0 Å². The fourth-order valence-corrected chi connectivity index (χ4v) is 1.25. The Morgan fingerprint density at radius 2 is 2.21 bits per heavy atom. The van der Waals surface area contributed by atoms with Crippen molar-refractivity contribution in [1.82, 2.24) is 14.8 Å². The van der Waals surface area contributed by atoms with Crippen LogP contribution in [0.1, 0.15) is 5.56 Å². The number of hydrogen-bond donors (Lipinski definition) is 1. The summed E-state index contributed by atoms with van der Waals surface area (Å²) in [6.45, 7) is 2.02. The molecule has 4 nitrogen and oxygen atoms in total. The second kappa shape index (κ2) is 3.49. The highest BCUT2D eigenvalue weighted by Crippen LogP contribution is 2.17. The summed E-state index contributed by atoms with van der Waals surface area (Å²) >= 11 is 0. The number of hydrogen-bond acceptors (Lipinski definition) is 3. The molecule has 0 amide bonds. The summed E-state index contributed by atoms with van der Waals surface area (Å²) in [5.74, 6) is 0. The first-order chi connectivity index (χ1) is 6.75. The fraction of sp³-hybridized carbons (Fsp3) is 0.200. The van der Waals surface area contributed by atoms with Crippen molar-refractivity contribution in [1.29, 1.82) is 0 Å². The lowest BCUT2D eigenvalue weighted by atomic mass is 10.2. The van der Waals surface area contributed by atoms with Gasteiger partial charge in [-0.3, -0.25) is 9.67 Å². The highest BCUT2D eigenvalue weighted by atomic mass is 15.3. The van der Waals surface area contributed by atoms with E-state index in [1.165, 1.54) is 0 Å². The topological polar surface area (TPSA) is 42.7 Å². The minimum absolute atomic E-state index is 0.988. The predicted octanol–water partition coefficient (Wildman–Crippen LogP) is 1.87. The zero-order chi connectivity index (χ0) is 9.97. The predicted molar refractivity (Wildman–Crippen MR) is 55.5 cm³/mol. The molecular formula is C10H12N4. The van der Waals surface area contributed by atoms with Crippen molar-refractivity contribution in [2.75, 3.05) is 5.32 Å². The molecule has 2 rings (SSSR count). The van der Waals surface area contributed by atoms with E-state index in [0.717, 1.165) is 16.9 Å². The molecule has 72 valence electrons. The Morgan fingerprint density at radius 3 is 2.86 bits per heavy atom. The molecule has 0 radical (unpaired) electrons. The first-order valence-corrected chi connectivity index (χ1v) is 4.42. The Bertz CT molecular complexity index is 433. The van der Waals surface area contributed by atoms with Crippen LogP contribution in [0.3, 0.4) is 0 Å². The highest BCUT2D eigenvalue weighted by Gasteiger charge is 1.99. The van der Waals surface area contributed by atoms with E-state index < -0.39 is 0 Å². The monoisotopic (exact) mass is 188 g/mol. The minimum Gasteiger partial charge on any atom is -0.353 e. The SMILES string of the molecule is Cc1cnccc1Nc1cnn(C)c1. The average molecular weight is 188 g/mol. The summed E-state index contributed by atoms with van der Waals surface area (Å²) in [6.07, 6.45) is 7.32. The van der Waals surface area contributed by atoms with Gasteiger partial charge in [-0.15, -0.1) is 0 Å². The molecule has 0 bridgehead atoms. The molecule has 0 aliphatic heterocycles. The summed E-state index contributed by atoms with van der Waals surface area (Å²) in [4.78, 5) is 4.03. The summed E-state index contributed by atoms with van der Waals surface area (Å²) < 4.78 is 1.76. The number of aryl methyl sites for hydroxylation is 2. The van der Waals surface area contributed by atoms with Crippen molar-refractivity contribution in [2.45, 2.75) is 6.92 Å². The van der Waals surface area contributed by atoms with Gasteiger partial charge < -0.3 is 5.32 Å². The highest BCUT2D eigenvalue weighted by molar-refractivity contribution is 5.60. The van der Waals surface area contributed by atoms with Gasteiger partial charge in [0.25, 0.3) is 0 Å². The van der Waals surface area contributed by atoms with E-state index in [2.05, 4.69) is 15.4 Å². The molecule has 0 aliphatic rings. The molecule has 0 aliphatic carbocycles. The molecule has 0 fully saturated rings. The smallest absolute Gasteiger partial charge is 0.0770 e. The Balaban J connectivity index is 2.23.